The summed E-state index contributed by atoms with van der Waals surface area (Å²) in [5, 5.41) is 4.17. The highest BCUT2D eigenvalue weighted by molar-refractivity contribution is 7.98. The molecule has 0 atom stereocenters. The molecule has 1 saturated carbocycles. The van der Waals surface area contributed by atoms with E-state index in [0.29, 0.717) is 47.7 Å². The molecule has 2 aromatic heterocycles. The Labute approximate surface area is 212 Å². The van der Waals surface area contributed by atoms with Gasteiger partial charge in [0.1, 0.15) is 17.8 Å². The highest BCUT2D eigenvalue weighted by Crippen LogP contribution is 2.40. The molecule has 2 aromatic carbocycles. The van der Waals surface area contributed by atoms with Crippen LogP contribution in [-0.2, 0) is 13.1 Å². The highest BCUT2D eigenvalue weighted by Gasteiger charge is 2.33. The summed E-state index contributed by atoms with van der Waals surface area (Å²) in [6.07, 6.45) is 5.89. The molecule has 0 unspecified atom stereocenters. The molecule has 2 aliphatic rings. The van der Waals surface area contributed by atoms with Gasteiger partial charge in [-0.25, -0.2) is 4.98 Å². The van der Waals surface area contributed by atoms with Gasteiger partial charge in [-0.3, -0.25) is 9.36 Å². The highest BCUT2D eigenvalue weighted by atomic mass is 32.2. The molecule has 184 valence electrons. The van der Waals surface area contributed by atoms with Crippen LogP contribution in [0.3, 0.4) is 0 Å². The number of methoxy groups -OCH3 is 2. The predicted octanol–water partition coefficient (Wildman–Crippen LogP) is 4.69. The normalized spacial score (nSPS) is 14.9. The van der Waals surface area contributed by atoms with Gasteiger partial charge in [0, 0.05) is 22.4 Å². The Bertz CT molecular complexity index is 1460. The number of imidazole rings is 1. The molecule has 10 heteroatoms. The lowest BCUT2D eigenvalue weighted by atomic mass is 10.1. The average Bonchev–Trinajstić information content (AvgIpc) is 3.53. The van der Waals surface area contributed by atoms with E-state index >= 15 is 0 Å². The van der Waals surface area contributed by atoms with Gasteiger partial charge in [-0.1, -0.05) is 5.16 Å². The van der Waals surface area contributed by atoms with Crippen LogP contribution in [-0.4, -0.2) is 51.0 Å². The van der Waals surface area contributed by atoms with Gasteiger partial charge in [-0.05, 0) is 49.4 Å². The standard InChI is InChI=1S/C26H25N5O4S/c1-33-17-7-6-16(22(10-17)34-2)12-30-13-21-23(25-28-24(29-35-25)15-4-5-15)27-14-31(21)20-9-8-18(36-3)11-19(20)26(30)32/h6-11,14-15H,4-5,12-13H2,1-3H3. The first-order chi connectivity index (χ1) is 17.6. The quantitative estimate of drug-likeness (QED) is 0.335. The number of carbonyl (C=O) groups is 1. The Kier molecular flexibility index (Phi) is 5.67. The van der Waals surface area contributed by atoms with Gasteiger partial charge >= 0.3 is 0 Å². The van der Waals surface area contributed by atoms with Crippen molar-refractivity contribution in [2.75, 3.05) is 20.5 Å². The van der Waals surface area contributed by atoms with Crippen LogP contribution < -0.4 is 9.47 Å². The lowest BCUT2D eigenvalue weighted by Crippen LogP contribution is -2.29. The van der Waals surface area contributed by atoms with E-state index in [2.05, 4.69) is 15.1 Å². The van der Waals surface area contributed by atoms with Crippen molar-refractivity contribution in [1.82, 2.24) is 24.6 Å². The molecule has 0 saturated heterocycles. The van der Waals surface area contributed by atoms with Crippen molar-refractivity contribution in [1.29, 1.82) is 0 Å². The molecule has 4 aromatic rings. The van der Waals surface area contributed by atoms with Crippen molar-refractivity contribution in [2.45, 2.75) is 36.7 Å². The number of ether oxygens (including phenoxy) is 2. The number of nitrogens with zero attached hydrogens (tertiary/aromatic N) is 5. The van der Waals surface area contributed by atoms with E-state index in [1.807, 2.05) is 47.2 Å². The van der Waals surface area contributed by atoms with Gasteiger partial charge < -0.3 is 18.9 Å². The van der Waals surface area contributed by atoms with Crippen molar-refractivity contribution in [3.05, 3.63) is 65.4 Å². The second kappa shape index (κ2) is 9.02. The van der Waals surface area contributed by atoms with Gasteiger partial charge in [0.2, 0.25) is 0 Å². The number of benzene rings is 2. The fraction of sp³-hybridized carbons (Fsp3) is 0.308. The maximum atomic E-state index is 13.9. The zero-order valence-corrected chi connectivity index (χ0v) is 21.0. The van der Waals surface area contributed by atoms with Gasteiger partial charge in [0.25, 0.3) is 11.8 Å². The topological polar surface area (TPSA) is 95.5 Å². The monoisotopic (exact) mass is 503 g/mol. The molecule has 0 N–H and O–H groups in total. The molecular weight excluding hydrogens is 478 g/mol. The largest absolute Gasteiger partial charge is 0.497 e. The van der Waals surface area contributed by atoms with Crippen LogP contribution in [0.5, 0.6) is 11.5 Å². The number of rotatable bonds is 7. The van der Waals surface area contributed by atoms with E-state index in [1.54, 1.807) is 37.2 Å². The Morgan fingerprint density at radius 3 is 2.75 bits per heavy atom. The zero-order chi connectivity index (χ0) is 24.8. The second-order valence-electron chi connectivity index (χ2n) is 8.86. The van der Waals surface area contributed by atoms with E-state index in [1.165, 1.54) is 0 Å². The van der Waals surface area contributed by atoms with Crippen molar-refractivity contribution in [3.63, 3.8) is 0 Å². The number of aromatic nitrogens is 4. The lowest BCUT2D eigenvalue weighted by Gasteiger charge is -2.22. The summed E-state index contributed by atoms with van der Waals surface area (Å²) in [4.78, 5) is 26.0. The van der Waals surface area contributed by atoms with Crippen LogP contribution in [0.15, 0.2) is 52.1 Å². The van der Waals surface area contributed by atoms with Crippen LogP contribution in [0.1, 0.15) is 46.2 Å². The van der Waals surface area contributed by atoms with Crippen LogP contribution in [0, 0.1) is 0 Å². The summed E-state index contributed by atoms with van der Waals surface area (Å²) in [6.45, 7) is 0.657. The molecule has 1 aliphatic carbocycles. The third kappa shape index (κ3) is 3.91. The SMILES string of the molecule is COc1ccc(CN2Cc3c(-c4nc(C5CC5)no4)ncn3-c3ccc(SC)cc3C2=O)c(OC)c1. The Morgan fingerprint density at radius 1 is 1.14 bits per heavy atom. The molecule has 36 heavy (non-hydrogen) atoms. The van der Waals surface area contributed by atoms with Crippen molar-refractivity contribution in [2.24, 2.45) is 0 Å². The van der Waals surface area contributed by atoms with Gasteiger partial charge in [-0.2, -0.15) is 4.98 Å². The molecule has 1 amide bonds. The Hall–Kier alpha value is -3.79. The fourth-order valence-electron chi connectivity index (χ4n) is 4.51. The molecular formula is C26H25N5O4S. The number of thioether (sulfide) groups is 1. The smallest absolute Gasteiger partial charge is 0.278 e. The molecule has 1 fully saturated rings. The summed E-state index contributed by atoms with van der Waals surface area (Å²) in [6, 6.07) is 11.5. The molecule has 9 nitrogen and oxygen atoms in total. The maximum absolute atomic E-state index is 13.9. The summed E-state index contributed by atoms with van der Waals surface area (Å²) < 4.78 is 18.5. The molecule has 1 aliphatic heterocycles. The minimum Gasteiger partial charge on any atom is -0.497 e. The fourth-order valence-corrected chi connectivity index (χ4v) is 4.95. The summed E-state index contributed by atoms with van der Waals surface area (Å²) >= 11 is 1.60. The third-order valence-corrected chi connectivity index (χ3v) is 7.36. The molecule has 0 bridgehead atoms. The number of fused-ring (bicyclic) bond motifs is 3. The molecule has 0 spiro atoms. The molecule has 3 heterocycles. The van der Waals surface area contributed by atoms with Gasteiger partial charge in [0.05, 0.1) is 44.3 Å². The number of carbonyl (C=O) groups excluding carboxylic acids is 1. The number of amides is 1. The van der Waals surface area contributed by atoms with Gasteiger partial charge in [-0.15, -0.1) is 11.8 Å². The minimum atomic E-state index is -0.0716. The Morgan fingerprint density at radius 2 is 2.00 bits per heavy atom. The zero-order valence-electron chi connectivity index (χ0n) is 20.2. The summed E-state index contributed by atoms with van der Waals surface area (Å²) in [7, 11) is 3.23. The van der Waals surface area contributed by atoms with E-state index in [4.69, 9.17) is 14.0 Å². The lowest BCUT2D eigenvalue weighted by molar-refractivity contribution is 0.0732. The van der Waals surface area contributed by atoms with E-state index in [9.17, 15) is 4.79 Å². The van der Waals surface area contributed by atoms with Crippen molar-refractivity contribution < 1.29 is 18.8 Å². The maximum Gasteiger partial charge on any atom is 0.278 e. The molecule has 6 rings (SSSR count). The average molecular weight is 504 g/mol. The number of hydrogen-bond acceptors (Lipinski definition) is 8. The first-order valence-corrected chi connectivity index (χ1v) is 12.9. The van der Waals surface area contributed by atoms with E-state index in [0.717, 1.165) is 40.5 Å². The molecule has 0 radical (unpaired) electrons. The van der Waals surface area contributed by atoms with Crippen molar-refractivity contribution in [3.8, 4) is 28.8 Å². The second-order valence-corrected chi connectivity index (χ2v) is 9.74. The van der Waals surface area contributed by atoms with E-state index < -0.39 is 0 Å². The Balaban J connectivity index is 1.45. The van der Waals surface area contributed by atoms with Crippen LogP contribution in [0.25, 0.3) is 17.3 Å². The van der Waals surface area contributed by atoms with E-state index in [-0.39, 0.29) is 5.91 Å². The van der Waals surface area contributed by atoms with Crippen LogP contribution >= 0.6 is 11.8 Å². The van der Waals surface area contributed by atoms with Crippen LogP contribution in [0.2, 0.25) is 0 Å². The summed E-state index contributed by atoms with van der Waals surface area (Å²) in [5.41, 5.74) is 3.67. The third-order valence-electron chi connectivity index (χ3n) is 6.63. The summed E-state index contributed by atoms with van der Waals surface area (Å²) in [5.74, 6) is 2.75. The van der Waals surface area contributed by atoms with Crippen molar-refractivity contribution >= 4 is 17.7 Å². The van der Waals surface area contributed by atoms with Gasteiger partial charge in [0.15, 0.2) is 11.5 Å². The predicted molar refractivity (Wildman–Crippen MR) is 134 cm³/mol. The van der Waals surface area contributed by atoms with Crippen LogP contribution in [0.4, 0.5) is 0 Å². The first kappa shape index (κ1) is 22.7. The first-order valence-electron chi connectivity index (χ1n) is 11.7. The number of hydrogen-bond donors (Lipinski definition) is 0. The minimum absolute atomic E-state index is 0.0716.